The number of nitrogens with one attached hydrogen (secondary N) is 1. The molecule has 26 heavy (non-hydrogen) atoms. The van der Waals surface area contributed by atoms with Gasteiger partial charge in [0.2, 0.25) is 0 Å². The molecule has 3 rings (SSSR count). The highest BCUT2D eigenvalue weighted by molar-refractivity contribution is 5.68. The van der Waals surface area contributed by atoms with E-state index in [1.807, 2.05) is 45.0 Å². The topological polar surface area (TPSA) is 80.3 Å². The summed E-state index contributed by atoms with van der Waals surface area (Å²) in [6, 6.07) is 7.67. The highest BCUT2D eigenvalue weighted by Gasteiger charge is 2.28. The molecule has 2 heterocycles. The third-order valence-corrected chi connectivity index (χ3v) is 4.38. The Morgan fingerprint density at radius 3 is 2.42 bits per heavy atom. The summed E-state index contributed by atoms with van der Waals surface area (Å²) in [5.41, 5.74) is 0.478. The Labute approximate surface area is 153 Å². The second kappa shape index (κ2) is 7.35. The molecule has 7 heteroatoms. The zero-order valence-electron chi connectivity index (χ0n) is 15.8. The van der Waals surface area contributed by atoms with Crippen LogP contribution < -0.4 is 4.74 Å². The van der Waals surface area contributed by atoms with Crippen molar-refractivity contribution in [1.29, 1.82) is 0 Å². The van der Waals surface area contributed by atoms with Crippen LogP contribution in [0.1, 0.15) is 45.4 Å². The molecule has 7 nitrogen and oxygen atoms in total. The molecular weight excluding hydrogens is 332 g/mol. The van der Waals surface area contributed by atoms with E-state index in [1.165, 1.54) is 0 Å². The van der Waals surface area contributed by atoms with Gasteiger partial charge in [0, 0.05) is 24.6 Å². The molecule has 1 saturated heterocycles. The highest BCUT2D eigenvalue weighted by Crippen LogP contribution is 2.28. The number of piperidine rings is 1. The van der Waals surface area contributed by atoms with Gasteiger partial charge < -0.3 is 14.4 Å². The summed E-state index contributed by atoms with van der Waals surface area (Å²) in [6.45, 7) is 6.98. The van der Waals surface area contributed by atoms with Crippen LogP contribution in [0.3, 0.4) is 0 Å². The number of aromatic nitrogens is 3. The van der Waals surface area contributed by atoms with Crippen LogP contribution in [-0.4, -0.2) is 52.0 Å². The lowest BCUT2D eigenvalue weighted by Crippen LogP contribution is -2.41. The van der Waals surface area contributed by atoms with E-state index in [9.17, 15) is 4.79 Å². The summed E-state index contributed by atoms with van der Waals surface area (Å²) >= 11 is 0. The summed E-state index contributed by atoms with van der Waals surface area (Å²) in [6.07, 6.45) is 1.44. The average molecular weight is 358 g/mol. The first-order valence-electron chi connectivity index (χ1n) is 8.90. The molecule has 1 aliphatic heterocycles. The van der Waals surface area contributed by atoms with Crippen molar-refractivity contribution < 1.29 is 14.3 Å². The standard InChI is InChI=1S/C19H26N4O3/c1-19(2,3)26-18(24)23-11-9-14(10-12-23)17-20-16(21-22-17)13-5-7-15(25-4)8-6-13/h5-8,14H,9-12H2,1-4H3,(H,20,21,22). The van der Waals surface area contributed by atoms with E-state index in [0.29, 0.717) is 18.9 Å². The Balaban J connectivity index is 1.60. The fourth-order valence-electron chi connectivity index (χ4n) is 2.99. The van der Waals surface area contributed by atoms with Gasteiger partial charge in [0.25, 0.3) is 0 Å². The Hall–Kier alpha value is -2.57. The normalized spacial score (nSPS) is 15.8. The molecule has 0 radical (unpaired) electrons. The van der Waals surface area contributed by atoms with Crippen LogP contribution in [0.25, 0.3) is 11.4 Å². The van der Waals surface area contributed by atoms with E-state index >= 15 is 0 Å². The van der Waals surface area contributed by atoms with E-state index in [1.54, 1.807) is 12.0 Å². The number of methoxy groups -OCH3 is 1. The highest BCUT2D eigenvalue weighted by atomic mass is 16.6. The first-order valence-corrected chi connectivity index (χ1v) is 8.90. The minimum absolute atomic E-state index is 0.243. The van der Waals surface area contributed by atoms with Crippen LogP contribution in [0, 0.1) is 0 Å². The Morgan fingerprint density at radius 2 is 1.85 bits per heavy atom. The number of nitrogens with zero attached hydrogens (tertiary/aromatic N) is 3. The van der Waals surface area contributed by atoms with Crippen molar-refractivity contribution >= 4 is 6.09 Å². The Morgan fingerprint density at radius 1 is 1.19 bits per heavy atom. The summed E-state index contributed by atoms with van der Waals surface area (Å²) in [4.78, 5) is 18.6. The monoisotopic (exact) mass is 358 g/mol. The van der Waals surface area contributed by atoms with Crippen LogP contribution in [0.4, 0.5) is 4.79 Å². The minimum atomic E-state index is -0.466. The lowest BCUT2D eigenvalue weighted by atomic mass is 9.96. The van der Waals surface area contributed by atoms with Crippen molar-refractivity contribution in [2.24, 2.45) is 0 Å². The number of ether oxygens (including phenoxy) is 2. The first-order chi connectivity index (χ1) is 12.4. The molecule has 140 valence electrons. The van der Waals surface area contributed by atoms with Gasteiger partial charge in [-0.15, -0.1) is 0 Å². The molecule has 0 atom stereocenters. The molecule has 0 spiro atoms. The second-order valence-corrected chi connectivity index (χ2v) is 7.51. The summed E-state index contributed by atoms with van der Waals surface area (Å²) in [5.74, 6) is 2.63. The van der Waals surface area contributed by atoms with Gasteiger partial charge in [-0.05, 0) is 57.9 Å². The number of likely N-dealkylation sites (tertiary alicyclic amines) is 1. The maximum absolute atomic E-state index is 12.2. The number of hydrogen-bond acceptors (Lipinski definition) is 5. The molecular formula is C19H26N4O3. The molecule has 0 aliphatic carbocycles. The predicted molar refractivity (Wildman–Crippen MR) is 98.2 cm³/mol. The second-order valence-electron chi connectivity index (χ2n) is 7.51. The lowest BCUT2D eigenvalue weighted by molar-refractivity contribution is 0.0203. The van der Waals surface area contributed by atoms with Gasteiger partial charge in [-0.3, -0.25) is 5.10 Å². The number of benzene rings is 1. The summed E-state index contributed by atoms with van der Waals surface area (Å²) in [7, 11) is 1.64. The lowest BCUT2D eigenvalue weighted by Gasteiger charge is -2.32. The van der Waals surface area contributed by atoms with Gasteiger partial charge in [-0.1, -0.05) is 0 Å². The van der Waals surface area contributed by atoms with Crippen LogP contribution in [-0.2, 0) is 4.74 Å². The van der Waals surface area contributed by atoms with Crippen LogP contribution in [0.2, 0.25) is 0 Å². The van der Waals surface area contributed by atoms with Gasteiger partial charge in [-0.25, -0.2) is 9.78 Å². The molecule has 0 unspecified atom stereocenters. The fraction of sp³-hybridized carbons (Fsp3) is 0.526. The SMILES string of the molecule is COc1ccc(-c2n[nH]c(C3CCN(C(=O)OC(C)(C)C)CC3)n2)cc1. The van der Waals surface area contributed by atoms with E-state index in [2.05, 4.69) is 15.2 Å². The smallest absolute Gasteiger partial charge is 0.410 e. The van der Waals surface area contributed by atoms with E-state index in [0.717, 1.165) is 30.0 Å². The van der Waals surface area contributed by atoms with E-state index in [-0.39, 0.29) is 12.0 Å². The first kappa shape index (κ1) is 18.2. The summed E-state index contributed by atoms with van der Waals surface area (Å²) < 4.78 is 10.6. The molecule has 2 aromatic rings. The number of hydrogen-bond donors (Lipinski definition) is 1. The minimum Gasteiger partial charge on any atom is -0.497 e. The molecule has 1 aromatic heterocycles. The third kappa shape index (κ3) is 4.33. The molecule has 1 N–H and O–H groups in total. The van der Waals surface area contributed by atoms with Gasteiger partial charge in [0.1, 0.15) is 17.2 Å². The molecule has 1 aliphatic rings. The quantitative estimate of drug-likeness (QED) is 0.907. The van der Waals surface area contributed by atoms with Gasteiger partial charge in [0.15, 0.2) is 5.82 Å². The number of amides is 1. The molecule has 1 aromatic carbocycles. The number of rotatable bonds is 3. The van der Waals surface area contributed by atoms with Crippen LogP contribution >= 0.6 is 0 Å². The van der Waals surface area contributed by atoms with Crippen LogP contribution in [0.5, 0.6) is 5.75 Å². The van der Waals surface area contributed by atoms with Crippen molar-refractivity contribution in [2.45, 2.75) is 45.1 Å². The third-order valence-electron chi connectivity index (χ3n) is 4.38. The predicted octanol–water partition coefficient (Wildman–Crippen LogP) is 3.59. The number of H-pyrrole nitrogens is 1. The van der Waals surface area contributed by atoms with Crippen LogP contribution in [0.15, 0.2) is 24.3 Å². The fourth-order valence-corrected chi connectivity index (χ4v) is 2.99. The van der Waals surface area contributed by atoms with Gasteiger partial charge in [0.05, 0.1) is 7.11 Å². The molecule has 0 saturated carbocycles. The molecule has 1 amide bonds. The Bertz CT molecular complexity index is 741. The number of aromatic amines is 1. The van der Waals surface area contributed by atoms with Crippen molar-refractivity contribution in [3.63, 3.8) is 0 Å². The van der Waals surface area contributed by atoms with Gasteiger partial charge in [-0.2, -0.15) is 5.10 Å². The maximum Gasteiger partial charge on any atom is 0.410 e. The summed E-state index contributed by atoms with van der Waals surface area (Å²) in [5, 5.41) is 7.40. The molecule has 1 fully saturated rings. The maximum atomic E-state index is 12.2. The number of carbonyl (C=O) groups is 1. The average Bonchev–Trinajstić information content (AvgIpc) is 3.10. The Kier molecular flexibility index (Phi) is 5.15. The van der Waals surface area contributed by atoms with Crippen molar-refractivity contribution in [2.75, 3.05) is 20.2 Å². The van der Waals surface area contributed by atoms with Crippen molar-refractivity contribution in [3.8, 4) is 17.1 Å². The zero-order chi connectivity index (χ0) is 18.7. The number of carbonyl (C=O) groups excluding carboxylic acids is 1. The van der Waals surface area contributed by atoms with E-state index in [4.69, 9.17) is 9.47 Å². The zero-order valence-corrected chi connectivity index (χ0v) is 15.8. The largest absolute Gasteiger partial charge is 0.497 e. The van der Waals surface area contributed by atoms with Crippen molar-refractivity contribution in [1.82, 2.24) is 20.1 Å². The van der Waals surface area contributed by atoms with E-state index < -0.39 is 5.60 Å². The van der Waals surface area contributed by atoms with Gasteiger partial charge >= 0.3 is 6.09 Å². The molecule has 0 bridgehead atoms. The van der Waals surface area contributed by atoms with Crippen molar-refractivity contribution in [3.05, 3.63) is 30.1 Å².